The Balaban J connectivity index is 2.34. The second kappa shape index (κ2) is 5.85. The zero-order valence-corrected chi connectivity index (χ0v) is 13.6. The summed E-state index contributed by atoms with van der Waals surface area (Å²) >= 11 is 0. The number of methoxy groups -OCH3 is 1. The van der Waals surface area contributed by atoms with E-state index in [9.17, 15) is 13.2 Å². The van der Waals surface area contributed by atoms with E-state index in [4.69, 9.17) is 15.4 Å². The molecule has 1 saturated carbocycles. The summed E-state index contributed by atoms with van der Waals surface area (Å²) < 4.78 is 27.9. The quantitative estimate of drug-likeness (QED) is 0.861. The Labute approximate surface area is 129 Å². The van der Waals surface area contributed by atoms with Crippen molar-refractivity contribution in [2.75, 3.05) is 7.11 Å². The van der Waals surface area contributed by atoms with Crippen molar-refractivity contribution in [3.8, 4) is 5.75 Å². The zero-order valence-electron chi connectivity index (χ0n) is 12.0. The first-order valence-corrected chi connectivity index (χ1v) is 9.01. The molecule has 2 rings (SSSR count). The SMILES string of the molecule is COc1ccc(S(=O)(=O)Cl)cc1C(=O)NC1(C)CCCC1. The van der Waals surface area contributed by atoms with Gasteiger partial charge in [-0.3, -0.25) is 4.79 Å². The summed E-state index contributed by atoms with van der Waals surface area (Å²) in [6.45, 7) is 1.99. The van der Waals surface area contributed by atoms with Gasteiger partial charge in [0.15, 0.2) is 0 Å². The molecule has 21 heavy (non-hydrogen) atoms. The summed E-state index contributed by atoms with van der Waals surface area (Å²) in [6, 6.07) is 3.99. The Morgan fingerprint density at radius 2 is 1.95 bits per heavy atom. The molecule has 1 aliphatic rings. The summed E-state index contributed by atoms with van der Waals surface area (Å²) in [5.74, 6) is -0.0309. The van der Waals surface area contributed by atoms with Crippen molar-refractivity contribution < 1.29 is 17.9 Å². The molecule has 0 atom stereocenters. The lowest BCUT2D eigenvalue weighted by Gasteiger charge is -2.25. The lowest BCUT2D eigenvalue weighted by molar-refractivity contribution is 0.0905. The van der Waals surface area contributed by atoms with E-state index < -0.39 is 9.05 Å². The van der Waals surface area contributed by atoms with Crippen LogP contribution in [0.4, 0.5) is 0 Å². The minimum atomic E-state index is -3.89. The first kappa shape index (κ1) is 16.1. The molecule has 0 aliphatic heterocycles. The summed E-state index contributed by atoms with van der Waals surface area (Å²) in [5.41, 5.74) is -0.0786. The van der Waals surface area contributed by atoms with Crippen molar-refractivity contribution in [1.82, 2.24) is 5.32 Å². The van der Waals surface area contributed by atoms with Gasteiger partial charge < -0.3 is 10.1 Å². The highest BCUT2D eigenvalue weighted by Gasteiger charge is 2.31. The summed E-state index contributed by atoms with van der Waals surface area (Å²) in [4.78, 5) is 12.3. The van der Waals surface area contributed by atoms with Gasteiger partial charge in [0.05, 0.1) is 17.6 Å². The van der Waals surface area contributed by atoms with E-state index in [0.717, 1.165) is 25.7 Å². The topological polar surface area (TPSA) is 72.5 Å². The molecule has 1 amide bonds. The Hall–Kier alpha value is -1.27. The van der Waals surface area contributed by atoms with Crippen LogP contribution >= 0.6 is 10.7 Å². The van der Waals surface area contributed by atoms with Crippen LogP contribution in [0, 0.1) is 0 Å². The van der Waals surface area contributed by atoms with Gasteiger partial charge in [0, 0.05) is 16.2 Å². The van der Waals surface area contributed by atoms with E-state index in [-0.39, 0.29) is 21.9 Å². The monoisotopic (exact) mass is 331 g/mol. The molecule has 0 spiro atoms. The number of benzene rings is 1. The molecule has 0 aromatic heterocycles. The summed E-state index contributed by atoms with van der Waals surface area (Å²) in [5, 5.41) is 2.97. The van der Waals surface area contributed by atoms with Crippen molar-refractivity contribution in [2.45, 2.75) is 43.0 Å². The fraction of sp³-hybridized carbons (Fsp3) is 0.500. The Bertz CT molecular complexity index is 651. The number of halogens is 1. The highest BCUT2D eigenvalue weighted by Crippen LogP contribution is 2.30. The van der Waals surface area contributed by atoms with Crippen LogP contribution in [-0.2, 0) is 9.05 Å². The molecule has 0 heterocycles. The molecular weight excluding hydrogens is 314 g/mol. The van der Waals surface area contributed by atoms with Gasteiger partial charge in [-0.15, -0.1) is 0 Å². The van der Waals surface area contributed by atoms with Crippen LogP contribution in [0.3, 0.4) is 0 Å². The lowest BCUT2D eigenvalue weighted by Crippen LogP contribution is -2.43. The minimum Gasteiger partial charge on any atom is -0.496 e. The fourth-order valence-corrected chi connectivity index (χ4v) is 3.42. The predicted molar refractivity (Wildman–Crippen MR) is 80.4 cm³/mol. The summed E-state index contributed by atoms with van der Waals surface area (Å²) in [6.07, 6.45) is 3.97. The standard InChI is InChI=1S/C14H18ClNO4S/c1-14(7-3-4-8-14)16-13(17)11-9-10(21(15,18)19)5-6-12(11)20-2/h5-6,9H,3-4,7-8H2,1-2H3,(H,16,17). The first-order valence-electron chi connectivity index (χ1n) is 6.70. The lowest BCUT2D eigenvalue weighted by atomic mass is 10.00. The van der Waals surface area contributed by atoms with E-state index in [0.29, 0.717) is 5.75 Å². The number of carbonyl (C=O) groups is 1. The van der Waals surface area contributed by atoms with E-state index in [2.05, 4.69) is 5.32 Å². The second-order valence-corrected chi connectivity index (χ2v) is 8.09. The van der Waals surface area contributed by atoms with E-state index in [1.165, 1.54) is 25.3 Å². The maximum Gasteiger partial charge on any atom is 0.261 e. The summed E-state index contributed by atoms with van der Waals surface area (Å²) in [7, 11) is 2.87. The Morgan fingerprint density at radius 3 is 2.48 bits per heavy atom. The van der Waals surface area contributed by atoms with Crippen LogP contribution in [0.25, 0.3) is 0 Å². The van der Waals surface area contributed by atoms with Crippen molar-refractivity contribution >= 4 is 25.6 Å². The molecule has 1 N–H and O–H groups in total. The fourth-order valence-electron chi connectivity index (χ4n) is 2.64. The molecule has 1 fully saturated rings. The zero-order chi connectivity index (χ0) is 15.7. The van der Waals surface area contributed by atoms with Gasteiger partial charge in [0.25, 0.3) is 15.0 Å². The number of rotatable bonds is 4. The minimum absolute atomic E-state index is 0.119. The molecule has 116 valence electrons. The number of hydrogen-bond donors (Lipinski definition) is 1. The maximum absolute atomic E-state index is 12.4. The maximum atomic E-state index is 12.4. The van der Waals surface area contributed by atoms with Crippen LogP contribution < -0.4 is 10.1 Å². The highest BCUT2D eigenvalue weighted by molar-refractivity contribution is 8.13. The van der Waals surface area contributed by atoms with Crippen LogP contribution in [0.2, 0.25) is 0 Å². The van der Waals surface area contributed by atoms with Crippen LogP contribution in [0.1, 0.15) is 43.0 Å². The van der Waals surface area contributed by atoms with Crippen molar-refractivity contribution in [3.05, 3.63) is 23.8 Å². The molecule has 0 saturated heterocycles. The molecular formula is C14H18ClNO4S. The molecule has 1 aromatic rings. The van der Waals surface area contributed by atoms with Crippen molar-refractivity contribution in [3.63, 3.8) is 0 Å². The molecule has 0 unspecified atom stereocenters. The van der Waals surface area contributed by atoms with Crippen LogP contribution in [0.5, 0.6) is 5.75 Å². The van der Waals surface area contributed by atoms with Gasteiger partial charge in [-0.25, -0.2) is 8.42 Å². The number of hydrogen-bond acceptors (Lipinski definition) is 4. The van der Waals surface area contributed by atoms with Gasteiger partial charge in [-0.1, -0.05) is 12.8 Å². The molecule has 5 nitrogen and oxygen atoms in total. The van der Waals surface area contributed by atoms with Gasteiger partial charge in [-0.05, 0) is 38.0 Å². The van der Waals surface area contributed by atoms with E-state index in [1.807, 2.05) is 6.92 Å². The van der Waals surface area contributed by atoms with Crippen molar-refractivity contribution in [2.24, 2.45) is 0 Å². The Morgan fingerprint density at radius 1 is 1.33 bits per heavy atom. The first-order chi connectivity index (χ1) is 9.75. The molecule has 0 radical (unpaired) electrons. The molecule has 7 heteroatoms. The van der Waals surface area contributed by atoms with Gasteiger partial charge in [0.1, 0.15) is 5.75 Å². The average Bonchev–Trinajstić information content (AvgIpc) is 2.83. The predicted octanol–water partition coefficient (Wildman–Crippen LogP) is 2.69. The largest absolute Gasteiger partial charge is 0.496 e. The number of amides is 1. The molecule has 1 aliphatic carbocycles. The molecule has 0 bridgehead atoms. The third-order valence-corrected chi connectivity index (χ3v) is 5.17. The van der Waals surface area contributed by atoms with Gasteiger partial charge in [0.2, 0.25) is 0 Å². The number of ether oxygens (including phenoxy) is 1. The highest BCUT2D eigenvalue weighted by atomic mass is 35.7. The van der Waals surface area contributed by atoms with E-state index >= 15 is 0 Å². The smallest absolute Gasteiger partial charge is 0.261 e. The van der Waals surface area contributed by atoms with Gasteiger partial charge >= 0.3 is 0 Å². The second-order valence-electron chi connectivity index (χ2n) is 5.52. The third-order valence-electron chi connectivity index (χ3n) is 3.82. The Kier molecular flexibility index (Phi) is 4.49. The van der Waals surface area contributed by atoms with Crippen molar-refractivity contribution in [1.29, 1.82) is 0 Å². The normalized spacial score (nSPS) is 17.5. The van der Waals surface area contributed by atoms with E-state index in [1.54, 1.807) is 0 Å². The number of carbonyl (C=O) groups excluding carboxylic acids is 1. The molecule has 1 aromatic carbocycles. The average molecular weight is 332 g/mol. The van der Waals surface area contributed by atoms with Crippen LogP contribution in [-0.4, -0.2) is 27.0 Å². The van der Waals surface area contributed by atoms with Crippen LogP contribution in [0.15, 0.2) is 23.1 Å². The number of nitrogens with one attached hydrogen (secondary N) is 1. The van der Waals surface area contributed by atoms with Gasteiger partial charge in [-0.2, -0.15) is 0 Å². The third kappa shape index (κ3) is 3.68.